The molecule has 248 valence electrons. The Morgan fingerprint density at radius 2 is 1.83 bits per heavy atom. The lowest BCUT2D eigenvalue weighted by Gasteiger charge is -2.16. The summed E-state index contributed by atoms with van der Waals surface area (Å²) >= 11 is 8.95. The average Bonchev–Trinajstić information content (AvgIpc) is 3.57. The number of pyridine rings is 1. The molecule has 2 aromatic heterocycles. The molecule has 0 spiro atoms. The van der Waals surface area contributed by atoms with Crippen molar-refractivity contribution in [1.82, 2.24) is 15.3 Å². The van der Waals surface area contributed by atoms with E-state index < -0.39 is 24.0 Å². The van der Waals surface area contributed by atoms with Gasteiger partial charge in [-0.25, -0.2) is 19.6 Å². The molecule has 0 aliphatic rings. The number of nitrogens with zero attached hydrogens (tertiary/aromatic N) is 4. The molecular weight excluding hydrogens is 670 g/mol. The summed E-state index contributed by atoms with van der Waals surface area (Å²) in [5.41, 5.74) is 9.01. The molecule has 0 bridgehead atoms. The number of aromatic nitrogens is 2. The van der Waals surface area contributed by atoms with E-state index >= 15 is 0 Å². The van der Waals surface area contributed by atoms with Crippen molar-refractivity contribution in [3.63, 3.8) is 0 Å². The highest BCUT2D eigenvalue weighted by molar-refractivity contribution is 7.98. The predicted molar refractivity (Wildman–Crippen MR) is 189 cm³/mol. The summed E-state index contributed by atoms with van der Waals surface area (Å²) in [5, 5.41) is 20.1. The molecule has 1 amide bonds. The summed E-state index contributed by atoms with van der Waals surface area (Å²) in [4.78, 5) is 37.1. The van der Waals surface area contributed by atoms with E-state index in [1.165, 1.54) is 36.9 Å². The zero-order valence-corrected chi connectivity index (χ0v) is 29.0. The molecule has 2 atom stereocenters. The Bertz CT molecular complexity index is 1820. The number of carbonyl (C=O) groups excluding carboxylic acids is 2. The second kappa shape index (κ2) is 17.5. The van der Waals surface area contributed by atoms with E-state index in [2.05, 4.69) is 21.5 Å². The van der Waals surface area contributed by atoms with Gasteiger partial charge in [0.1, 0.15) is 46.9 Å². The van der Waals surface area contributed by atoms with Crippen LogP contribution in [0.5, 0.6) is 5.75 Å². The Labute approximate surface area is 292 Å². The molecule has 0 saturated carbocycles. The van der Waals surface area contributed by atoms with Gasteiger partial charge in [-0.1, -0.05) is 54.6 Å². The molecule has 4 rings (SSSR count). The third kappa shape index (κ3) is 9.46. The Hall–Kier alpha value is -4.66. The lowest BCUT2D eigenvalue weighted by atomic mass is 9.99. The van der Waals surface area contributed by atoms with Gasteiger partial charge in [0.05, 0.1) is 23.9 Å². The van der Waals surface area contributed by atoms with E-state index in [1.807, 2.05) is 36.6 Å². The standard InChI is InChI=1S/C34H34ClN7O4S2/c1-5-14-39-30-29(38-4)28(22-8-12-26(13-9-22)45-15-16-46-34(44)21(3)40-31(43)20(2)37)27(17-36)33(42-30)48-19-25-18-47-32(41-25)23-6-10-24(35)11-7-23/h6-13,18,20-21H,5,14-16,19,37H2,1-3H3,(H,39,42)(H,40,43)/t20-,21-/m0/s1. The van der Waals surface area contributed by atoms with Gasteiger partial charge in [-0.3, -0.25) is 4.79 Å². The Kier molecular flexibility index (Phi) is 13.2. The number of hydrogen-bond donors (Lipinski definition) is 3. The number of anilines is 1. The number of nitrogens with one attached hydrogen (secondary N) is 2. The van der Waals surface area contributed by atoms with Crippen molar-refractivity contribution >= 4 is 58.1 Å². The number of thiazole rings is 1. The van der Waals surface area contributed by atoms with Gasteiger partial charge in [0.2, 0.25) is 11.6 Å². The van der Waals surface area contributed by atoms with E-state index in [0.29, 0.717) is 50.6 Å². The Morgan fingerprint density at radius 1 is 1.12 bits per heavy atom. The third-order valence-corrected chi connectivity index (χ3v) is 8.97. The monoisotopic (exact) mass is 703 g/mol. The number of esters is 1. The van der Waals surface area contributed by atoms with Crippen LogP contribution in [0.2, 0.25) is 5.02 Å². The van der Waals surface area contributed by atoms with Gasteiger partial charge >= 0.3 is 5.97 Å². The summed E-state index contributed by atoms with van der Waals surface area (Å²) in [5.74, 6) is 0.341. The van der Waals surface area contributed by atoms with Gasteiger partial charge in [0, 0.05) is 33.8 Å². The Morgan fingerprint density at radius 3 is 2.48 bits per heavy atom. The quantitative estimate of drug-likeness (QED) is 0.0519. The number of halogens is 1. The fourth-order valence-electron chi connectivity index (χ4n) is 4.31. The van der Waals surface area contributed by atoms with Crippen LogP contribution in [0.3, 0.4) is 0 Å². The van der Waals surface area contributed by atoms with Crippen molar-refractivity contribution in [2.24, 2.45) is 5.73 Å². The molecule has 4 N–H and O–H groups in total. The van der Waals surface area contributed by atoms with Gasteiger partial charge in [-0.2, -0.15) is 5.26 Å². The maximum atomic E-state index is 12.2. The van der Waals surface area contributed by atoms with Crippen LogP contribution in [0.15, 0.2) is 58.9 Å². The van der Waals surface area contributed by atoms with Gasteiger partial charge in [-0.15, -0.1) is 11.3 Å². The van der Waals surface area contributed by atoms with E-state index in [9.17, 15) is 14.9 Å². The number of nitriles is 1. The highest BCUT2D eigenvalue weighted by Crippen LogP contribution is 2.43. The summed E-state index contributed by atoms with van der Waals surface area (Å²) in [7, 11) is 0. The molecule has 0 aliphatic carbocycles. The summed E-state index contributed by atoms with van der Waals surface area (Å²) in [6.45, 7) is 13.7. The third-order valence-electron chi connectivity index (χ3n) is 6.77. The van der Waals surface area contributed by atoms with Gasteiger partial charge < -0.3 is 25.8 Å². The first kappa shape index (κ1) is 36.2. The van der Waals surface area contributed by atoms with Crippen LogP contribution in [-0.2, 0) is 20.1 Å². The average molecular weight is 704 g/mol. The molecule has 4 aromatic rings. The first-order valence-corrected chi connectivity index (χ1v) is 17.3. The molecule has 48 heavy (non-hydrogen) atoms. The molecule has 14 heteroatoms. The topological polar surface area (TPSA) is 157 Å². The molecule has 2 heterocycles. The van der Waals surface area contributed by atoms with Crippen LogP contribution < -0.4 is 21.1 Å². The number of ether oxygens (including phenoxy) is 2. The summed E-state index contributed by atoms with van der Waals surface area (Å²) < 4.78 is 10.9. The lowest BCUT2D eigenvalue weighted by molar-refractivity contribution is -0.148. The minimum atomic E-state index is -0.845. The fourth-order valence-corrected chi connectivity index (χ4v) is 6.25. The highest BCUT2D eigenvalue weighted by atomic mass is 35.5. The second-order valence-corrected chi connectivity index (χ2v) is 12.8. The number of thioether (sulfide) groups is 1. The molecule has 0 fully saturated rings. The van der Waals surface area contributed by atoms with E-state index in [4.69, 9.17) is 43.3 Å². The van der Waals surface area contributed by atoms with Crippen LogP contribution in [0.4, 0.5) is 11.5 Å². The van der Waals surface area contributed by atoms with Crippen molar-refractivity contribution in [3.05, 3.63) is 81.6 Å². The van der Waals surface area contributed by atoms with Crippen molar-refractivity contribution in [1.29, 1.82) is 5.26 Å². The molecule has 2 aromatic carbocycles. The van der Waals surface area contributed by atoms with Gasteiger partial charge in [-0.05, 0) is 50.1 Å². The molecule has 0 aliphatic heterocycles. The SMILES string of the molecule is [C-]#[N+]c1c(NCCC)nc(SCc2csc(-c3ccc(Cl)cc3)n2)c(C#N)c1-c1ccc(OCCOC(=O)[C@H](C)NC(=O)[C@H](C)N)cc1. The van der Waals surface area contributed by atoms with E-state index in [-0.39, 0.29) is 18.9 Å². The number of nitrogens with two attached hydrogens (primary N) is 1. The first-order valence-electron chi connectivity index (χ1n) is 15.0. The largest absolute Gasteiger partial charge is 0.490 e. The van der Waals surface area contributed by atoms with Crippen LogP contribution in [-0.4, -0.2) is 53.7 Å². The minimum Gasteiger partial charge on any atom is -0.490 e. The Balaban J connectivity index is 1.50. The number of hydrogen-bond acceptors (Lipinski definition) is 11. The second-order valence-electron chi connectivity index (χ2n) is 10.5. The number of amides is 1. The van der Waals surface area contributed by atoms with Gasteiger partial charge in [0.25, 0.3) is 0 Å². The summed E-state index contributed by atoms with van der Waals surface area (Å²) in [6, 6.07) is 15.2. The van der Waals surface area contributed by atoms with Crippen LogP contribution in [0, 0.1) is 17.9 Å². The van der Waals surface area contributed by atoms with Crippen molar-refractivity contribution in [3.8, 4) is 33.5 Å². The van der Waals surface area contributed by atoms with Crippen LogP contribution in [0.1, 0.15) is 38.4 Å². The smallest absolute Gasteiger partial charge is 0.328 e. The number of carbonyl (C=O) groups is 2. The van der Waals surface area contributed by atoms with Crippen LogP contribution in [0.25, 0.3) is 26.5 Å². The normalized spacial score (nSPS) is 11.9. The lowest BCUT2D eigenvalue weighted by Crippen LogP contribution is -2.46. The summed E-state index contributed by atoms with van der Waals surface area (Å²) in [6.07, 6.45) is 0.824. The zero-order valence-electron chi connectivity index (χ0n) is 26.6. The first-order chi connectivity index (χ1) is 23.1. The van der Waals surface area contributed by atoms with Gasteiger partial charge in [0.15, 0.2) is 0 Å². The highest BCUT2D eigenvalue weighted by Gasteiger charge is 2.23. The van der Waals surface area contributed by atoms with Crippen LogP contribution >= 0.6 is 34.7 Å². The zero-order chi connectivity index (χ0) is 34.6. The van der Waals surface area contributed by atoms with E-state index in [1.54, 1.807) is 24.3 Å². The molecule has 11 nitrogen and oxygen atoms in total. The minimum absolute atomic E-state index is 0.0308. The van der Waals surface area contributed by atoms with Crippen molar-refractivity contribution in [2.75, 3.05) is 25.1 Å². The number of rotatable bonds is 15. The molecule has 0 unspecified atom stereocenters. The number of benzene rings is 2. The molecule has 0 radical (unpaired) electrons. The maximum Gasteiger partial charge on any atom is 0.328 e. The molecular formula is C34H34ClN7O4S2. The predicted octanol–water partition coefficient (Wildman–Crippen LogP) is 6.84. The van der Waals surface area contributed by atoms with Crippen molar-refractivity contribution < 1.29 is 19.1 Å². The fraction of sp³-hybridized carbons (Fsp3) is 0.294. The van der Waals surface area contributed by atoms with E-state index in [0.717, 1.165) is 22.7 Å². The maximum absolute atomic E-state index is 12.2. The van der Waals surface area contributed by atoms with Crippen molar-refractivity contribution in [2.45, 2.75) is 50.1 Å². The molecule has 0 saturated heterocycles.